The topological polar surface area (TPSA) is 86.2 Å². The molecule has 0 bridgehead atoms. The highest BCUT2D eigenvalue weighted by Gasteiger charge is 2.30. The van der Waals surface area contributed by atoms with E-state index < -0.39 is 15.1 Å². The lowest BCUT2D eigenvalue weighted by Gasteiger charge is -2.09. The Morgan fingerprint density at radius 3 is 2.57 bits per heavy atom. The minimum atomic E-state index is -3.69. The second-order valence-corrected chi connectivity index (χ2v) is 6.95. The van der Waals surface area contributed by atoms with E-state index in [4.69, 9.17) is 10.2 Å². The van der Waals surface area contributed by atoms with Gasteiger partial charge in [-0.15, -0.1) is 0 Å². The molecule has 0 aliphatic heterocycles. The van der Waals surface area contributed by atoms with Gasteiger partial charge in [0, 0.05) is 11.8 Å². The van der Waals surface area contributed by atoms with Gasteiger partial charge in [0.05, 0.1) is 5.25 Å². The van der Waals surface area contributed by atoms with E-state index in [0.29, 0.717) is 22.4 Å². The second-order valence-electron chi connectivity index (χ2n) is 4.80. The largest absolute Gasteiger partial charge is 0.428 e. The first-order valence-electron chi connectivity index (χ1n) is 6.43. The number of rotatable bonds is 3. The summed E-state index contributed by atoms with van der Waals surface area (Å²) in [7, 11) is -3.69. The minimum Gasteiger partial charge on any atom is -0.428 e. The molecule has 5 nitrogen and oxygen atoms in total. The number of anilines is 1. The lowest BCUT2D eigenvalue weighted by molar-refractivity contribution is 0.454. The highest BCUT2D eigenvalue weighted by Crippen LogP contribution is 2.30. The maximum atomic E-state index is 12.6. The minimum absolute atomic E-state index is 0.278. The lowest BCUT2D eigenvalue weighted by atomic mass is 10.2. The Morgan fingerprint density at radius 1 is 1.14 bits per heavy atom. The molecule has 0 spiro atoms. The summed E-state index contributed by atoms with van der Waals surface area (Å²) in [6.07, 6.45) is 0. The van der Waals surface area contributed by atoms with E-state index in [2.05, 4.69) is 4.98 Å². The molecule has 1 aromatic heterocycles. The SMILES string of the molecule is CC(c1ccccc1)S(=O)(=O)c1nc2ccc(N)cc2o1. The third-order valence-electron chi connectivity index (χ3n) is 3.37. The molecule has 0 saturated carbocycles. The summed E-state index contributed by atoms with van der Waals surface area (Å²) in [5.41, 5.74) is 7.69. The van der Waals surface area contributed by atoms with Crippen molar-refractivity contribution in [2.45, 2.75) is 17.4 Å². The first-order valence-corrected chi connectivity index (χ1v) is 7.98. The number of sulfone groups is 1. The van der Waals surface area contributed by atoms with Crippen molar-refractivity contribution in [3.8, 4) is 0 Å². The van der Waals surface area contributed by atoms with Crippen molar-refractivity contribution in [2.75, 3.05) is 5.73 Å². The zero-order chi connectivity index (χ0) is 15.0. The summed E-state index contributed by atoms with van der Waals surface area (Å²) in [4.78, 5) is 4.06. The summed E-state index contributed by atoms with van der Waals surface area (Å²) < 4.78 is 30.6. The van der Waals surface area contributed by atoms with E-state index in [1.807, 2.05) is 6.07 Å². The maximum absolute atomic E-state index is 12.6. The molecular weight excluding hydrogens is 288 g/mol. The number of aromatic nitrogens is 1. The Bertz CT molecular complexity index is 886. The fraction of sp³-hybridized carbons (Fsp3) is 0.133. The van der Waals surface area contributed by atoms with E-state index in [-0.39, 0.29) is 5.22 Å². The molecular formula is C15H14N2O3S. The van der Waals surface area contributed by atoms with Gasteiger partial charge in [-0.1, -0.05) is 30.3 Å². The third-order valence-corrected chi connectivity index (χ3v) is 5.24. The molecule has 1 atom stereocenters. The Kier molecular flexibility index (Phi) is 3.17. The number of hydrogen-bond acceptors (Lipinski definition) is 5. The van der Waals surface area contributed by atoms with Gasteiger partial charge in [-0.3, -0.25) is 0 Å². The van der Waals surface area contributed by atoms with Crippen molar-refractivity contribution >= 4 is 26.6 Å². The first kappa shape index (κ1) is 13.6. The molecule has 0 radical (unpaired) electrons. The molecule has 0 saturated heterocycles. The van der Waals surface area contributed by atoms with Crippen molar-refractivity contribution in [2.24, 2.45) is 0 Å². The Labute approximate surface area is 122 Å². The molecule has 2 aromatic carbocycles. The molecule has 0 fully saturated rings. The van der Waals surface area contributed by atoms with E-state index in [9.17, 15) is 8.42 Å². The van der Waals surface area contributed by atoms with Crippen LogP contribution in [0, 0.1) is 0 Å². The zero-order valence-electron chi connectivity index (χ0n) is 11.4. The van der Waals surface area contributed by atoms with Crippen molar-refractivity contribution in [1.82, 2.24) is 4.98 Å². The van der Waals surface area contributed by atoms with Gasteiger partial charge in [-0.25, -0.2) is 8.42 Å². The Balaban J connectivity index is 2.08. The first-order chi connectivity index (χ1) is 9.98. The van der Waals surface area contributed by atoms with Crippen LogP contribution in [0.2, 0.25) is 0 Å². The van der Waals surface area contributed by atoms with Crippen LogP contribution in [0.1, 0.15) is 17.7 Å². The number of nitrogen functional groups attached to an aromatic ring is 1. The molecule has 6 heteroatoms. The fourth-order valence-corrected chi connectivity index (χ4v) is 3.35. The molecule has 0 aliphatic carbocycles. The van der Waals surface area contributed by atoms with Crippen molar-refractivity contribution in [3.63, 3.8) is 0 Å². The van der Waals surface area contributed by atoms with Gasteiger partial charge in [0.25, 0.3) is 0 Å². The number of benzene rings is 2. The smallest absolute Gasteiger partial charge is 0.316 e. The quantitative estimate of drug-likeness (QED) is 0.752. The Hall–Kier alpha value is -2.34. The second kappa shape index (κ2) is 4.89. The van der Waals surface area contributed by atoms with Crippen LogP contribution in [-0.4, -0.2) is 13.4 Å². The molecule has 0 aliphatic rings. The van der Waals surface area contributed by atoms with E-state index >= 15 is 0 Å². The van der Waals surface area contributed by atoms with Crippen LogP contribution in [0.25, 0.3) is 11.1 Å². The highest BCUT2D eigenvalue weighted by atomic mass is 32.2. The van der Waals surface area contributed by atoms with Gasteiger partial charge in [0.2, 0.25) is 9.84 Å². The summed E-state index contributed by atoms with van der Waals surface area (Å²) in [5, 5.41) is -1.01. The molecule has 0 amide bonds. The van der Waals surface area contributed by atoms with Gasteiger partial charge in [0.15, 0.2) is 5.58 Å². The van der Waals surface area contributed by atoms with Crippen LogP contribution in [0.5, 0.6) is 0 Å². The van der Waals surface area contributed by atoms with Gasteiger partial charge < -0.3 is 10.2 Å². The van der Waals surface area contributed by atoms with Crippen LogP contribution < -0.4 is 5.73 Å². The lowest BCUT2D eigenvalue weighted by Crippen LogP contribution is -2.10. The highest BCUT2D eigenvalue weighted by molar-refractivity contribution is 7.91. The summed E-state index contributed by atoms with van der Waals surface area (Å²) >= 11 is 0. The van der Waals surface area contributed by atoms with Crippen LogP contribution in [0.3, 0.4) is 0 Å². The predicted octanol–water partition coefficient (Wildman–Crippen LogP) is 2.94. The van der Waals surface area contributed by atoms with Crippen molar-refractivity contribution in [3.05, 3.63) is 54.1 Å². The van der Waals surface area contributed by atoms with E-state index in [1.165, 1.54) is 0 Å². The molecule has 1 heterocycles. The average molecular weight is 302 g/mol. The van der Waals surface area contributed by atoms with Gasteiger partial charge in [-0.05, 0) is 24.6 Å². The predicted molar refractivity (Wildman–Crippen MR) is 80.5 cm³/mol. The number of nitrogens with two attached hydrogens (primary N) is 1. The fourth-order valence-electron chi connectivity index (χ4n) is 2.10. The van der Waals surface area contributed by atoms with E-state index in [1.54, 1.807) is 49.4 Å². The van der Waals surface area contributed by atoms with Crippen LogP contribution in [-0.2, 0) is 9.84 Å². The van der Waals surface area contributed by atoms with Crippen LogP contribution >= 0.6 is 0 Å². The van der Waals surface area contributed by atoms with Crippen LogP contribution in [0.15, 0.2) is 58.2 Å². The number of fused-ring (bicyclic) bond motifs is 1. The summed E-state index contributed by atoms with van der Waals surface area (Å²) in [6.45, 7) is 1.62. The molecule has 108 valence electrons. The van der Waals surface area contributed by atoms with Crippen molar-refractivity contribution < 1.29 is 12.8 Å². The van der Waals surface area contributed by atoms with Gasteiger partial charge in [0.1, 0.15) is 5.52 Å². The van der Waals surface area contributed by atoms with Crippen molar-refractivity contribution in [1.29, 1.82) is 0 Å². The molecule has 2 N–H and O–H groups in total. The summed E-state index contributed by atoms with van der Waals surface area (Å²) in [5.74, 6) is 0. The van der Waals surface area contributed by atoms with Gasteiger partial charge >= 0.3 is 5.22 Å². The standard InChI is InChI=1S/C15H14N2O3S/c1-10(11-5-3-2-4-6-11)21(18,19)15-17-13-8-7-12(16)9-14(13)20-15/h2-10H,16H2,1H3. The number of oxazole rings is 1. The van der Waals surface area contributed by atoms with Crippen LogP contribution in [0.4, 0.5) is 5.69 Å². The monoisotopic (exact) mass is 302 g/mol. The van der Waals surface area contributed by atoms with Gasteiger partial charge in [-0.2, -0.15) is 4.98 Å². The third kappa shape index (κ3) is 2.38. The molecule has 3 rings (SSSR count). The average Bonchev–Trinajstić information content (AvgIpc) is 2.91. The summed E-state index contributed by atoms with van der Waals surface area (Å²) in [6, 6.07) is 13.8. The maximum Gasteiger partial charge on any atom is 0.316 e. The zero-order valence-corrected chi connectivity index (χ0v) is 12.2. The molecule has 3 aromatic rings. The molecule has 21 heavy (non-hydrogen) atoms. The Morgan fingerprint density at radius 2 is 1.86 bits per heavy atom. The molecule has 1 unspecified atom stereocenters. The number of hydrogen-bond donors (Lipinski definition) is 1. The normalized spacial score (nSPS) is 13.4. The number of nitrogens with zero attached hydrogens (tertiary/aromatic N) is 1. The van der Waals surface area contributed by atoms with E-state index in [0.717, 1.165) is 0 Å².